The van der Waals surface area contributed by atoms with E-state index in [4.69, 9.17) is 0 Å². The lowest BCUT2D eigenvalue weighted by molar-refractivity contribution is -0.115. The first-order valence-electron chi connectivity index (χ1n) is 9.83. The summed E-state index contributed by atoms with van der Waals surface area (Å²) in [6.07, 6.45) is 0.795. The molecule has 0 spiro atoms. The summed E-state index contributed by atoms with van der Waals surface area (Å²) in [4.78, 5) is 12.6. The van der Waals surface area contributed by atoms with Gasteiger partial charge in [0.05, 0.1) is 6.54 Å². The Morgan fingerprint density at radius 2 is 1.43 bits per heavy atom. The van der Waals surface area contributed by atoms with Gasteiger partial charge in [0.15, 0.2) is 0 Å². The number of anilines is 1. The van der Waals surface area contributed by atoms with Crippen LogP contribution >= 0.6 is 0 Å². The van der Waals surface area contributed by atoms with Gasteiger partial charge in [0.2, 0.25) is 5.91 Å². The second-order valence-corrected chi connectivity index (χ2v) is 7.38. The lowest BCUT2D eigenvalue weighted by Crippen LogP contribution is -2.33. The molecule has 144 valence electrons. The van der Waals surface area contributed by atoms with Crippen molar-refractivity contribution >= 4 is 11.6 Å². The molecule has 3 aromatic rings. The van der Waals surface area contributed by atoms with Gasteiger partial charge in [-0.3, -0.25) is 4.79 Å². The number of rotatable bonds is 8. The first-order valence-corrected chi connectivity index (χ1v) is 9.83. The average molecular weight is 373 g/mol. The monoisotopic (exact) mass is 372 g/mol. The molecule has 1 amide bonds. The van der Waals surface area contributed by atoms with Gasteiger partial charge in [-0.2, -0.15) is 0 Å². The molecule has 28 heavy (non-hydrogen) atoms. The standard InChI is InChI=1S/C25H28N2O/c1-19(2)25(21-13-7-4-8-14-21)26-18-24(28)27-23-16-10-9-15-22(23)17-20-11-5-3-6-12-20/h3-16,19,25-26H,17-18H2,1-2H3,(H,27,28)/t25-/m1/s1. The topological polar surface area (TPSA) is 41.1 Å². The first kappa shape index (κ1) is 19.8. The fourth-order valence-corrected chi connectivity index (χ4v) is 3.41. The van der Waals surface area contributed by atoms with E-state index in [1.165, 1.54) is 11.1 Å². The van der Waals surface area contributed by atoms with E-state index in [1.54, 1.807) is 0 Å². The number of carbonyl (C=O) groups excluding carboxylic acids is 1. The molecular formula is C25H28N2O. The molecule has 0 fully saturated rings. The van der Waals surface area contributed by atoms with Crippen LogP contribution in [0.2, 0.25) is 0 Å². The van der Waals surface area contributed by atoms with Crippen LogP contribution in [0.1, 0.15) is 36.6 Å². The molecular weight excluding hydrogens is 344 g/mol. The Bertz CT molecular complexity index is 875. The van der Waals surface area contributed by atoms with Crippen LogP contribution in [0.3, 0.4) is 0 Å². The third-order valence-corrected chi connectivity index (χ3v) is 4.84. The van der Waals surface area contributed by atoms with Crippen LogP contribution in [0.4, 0.5) is 5.69 Å². The minimum absolute atomic E-state index is 0.0258. The Kier molecular flexibility index (Phi) is 6.99. The van der Waals surface area contributed by atoms with Crippen LogP contribution in [0, 0.1) is 5.92 Å². The summed E-state index contributed by atoms with van der Waals surface area (Å²) in [5.74, 6) is 0.364. The molecule has 2 N–H and O–H groups in total. The SMILES string of the molecule is CC(C)[C@@H](NCC(=O)Nc1ccccc1Cc1ccccc1)c1ccccc1. The van der Waals surface area contributed by atoms with Gasteiger partial charge in [0.1, 0.15) is 0 Å². The molecule has 0 aliphatic carbocycles. The van der Waals surface area contributed by atoms with Gasteiger partial charge in [-0.15, -0.1) is 0 Å². The summed E-state index contributed by atoms with van der Waals surface area (Å²) in [6.45, 7) is 4.60. The Morgan fingerprint density at radius 1 is 0.821 bits per heavy atom. The third kappa shape index (κ3) is 5.54. The van der Waals surface area contributed by atoms with Gasteiger partial charge >= 0.3 is 0 Å². The van der Waals surface area contributed by atoms with Crippen molar-refractivity contribution < 1.29 is 4.79 Å². The van der Waals surface area contributed by atoms with Crippen molar-refractivity contribution in [2.75, 3.05) is 11.9 Å². The lowest BCUT2D eigenvalue weighted by Gasteiger charge is -2.23. The molecule has 0 radical (unpaired) electrons. The zero-order valence-corrected chi connectivity index (χ0v) is 16.6. The molecule has 0 aliphatic rings. The van der Waals surface area contributed by atoms with E-state index >= 15 is 0 Å². The molecule has 3 aromatic carbocycles. The molecule has 0 unspecified atom stereocenters. The van der Waals surface area contributed by atoms with E-state index in [9.17, 15) is 4.79 Å². The van der Waals surface area contributed by atoms with Gasteiger partial charge in [-0.05, 0) is 35.1 Å². The van der Waals surface area contributed by atoms with Gasteiger partial charge < -0.3 is 10.6 Å². The second kappa shape index (κ2) is 9.86. The quantitative estimate of drug-likeness (QED) is 0.570. The predicted octanol–water partition coefficient (Wildman–Crippen LogP) is 5.20. The molecule has 3 rings (SSSR count). The van der Waals surface area contributed by atoms with Crippen molar-refractivity contribution in [2.24, 2.45) is 5.92 Å². The van der Waals surface area contributed by atoms with Gasteiger partial charge in [-0.25, -0.2) is 0 Å². The molecule has 0 bridgehead atoms. The van der Waals surface area contributed by atoms with Crippen molar-refractivity contribution in [3.05, 3.63) is 102 Å². The highest BCUT2D eigenvalue weighted by molar-refractivity contribution is 5.93. The van der Waals surface area contributed by atoms with E-state index in [1.807, 2.05) is 54.6 Å². The minimum Gasteiger partial charge on any atom is -0.325 e. The minimum atomic E-state index is -0.0258. The van der Waals surface area contributed by atoms with Crippen LogP contribution < -0.4 is 10.6 Å². The Morgan fingerprint density at radius 3 is 2.11 bits per heavy atom. The van der Waals surface area contributed by atoms with E-state index in [0.29, 0.717) is 5.92 Å². The number of para-hydroxylation sites is 1. The fraction of sp³-hybridized carbons (Fsp3) is 0.240. The molecule has 0 aromatic heterocycles. The molecule has 3 heteroatoms. The summed E-state index contributed by atoms with van der Waals surface area (Å²) in [7, 11) is 0. The first-order chi connectivity index (χ1) is 13.6. The van der Waals surface area contributed by atoms with Crippen molar-refractivity contribution in [1.29, 1.82) is 0 Å². The molecule has 1 atom stereocenters. The summed E-state index contributed by atoms with van der Waals surface area (Å²) in [5, 5.41) is 6.49. The Hall–Kier alpha value is -2.91. The maximum Gasteiger partial charge on any atom is 0.238 e. The van der Waals surface area contributed by atoms with Crippen LogP contribution in [0.25, 0.3) is 0 Å². The van der Waals surface area contributed by atoms with Gasteiger partial charge in [0, 0.05) is 11.7 Å². The number of hydrogen-bond donors (Lipinski definition) is 2. The Labute approximate surface area is 167 Å². The highest BCUT2D eigenvalue weighted by Gasteiger charge is 2.16. The third-order valence-electron chi connectivity index (χ3n) is 4.84. The number of nitrogens with one attached hydrogen (secondary N) is 2. The van der Waals surface area contributed by atoms with Crippen molar-refractivity contribution in [2.45, 2.75) is 26.3 Å². The van der Waals surface area contributed by atoms with E-state index in [2.05, 4.69) is 54.8 Å². The van der Waals surface area contributed by atoms with Crippen LogP contribution in [-0.4, -0.2) is 12.5 Å². The molecule has 0 saturated heterocycles. The van der Waals surface area contributed by atoms with E-state index in [0.717, 1.165) is 17.7 Å². The zero-order chi connectivity index (χ0) is 19.8. The summed E-state index contributed by atoms with van der Waals surface area (Å²) >= 11 is 0. The highest BCUT2D eigenvalue weighted by atomic mass is 16.1. The van der Waals surface area contributed by atoms with Crippen molar-refractivity contribution in [3.63, 3.8) is 0 Å². The fourth-order valence-electron chi connectivity index (χ4n) is 3.41. The number of hydrogen-bond acceptors (Lipinski definition) is 2. The second-order valence-electron chi connectivity index (χ2n) is 7.38. The Balaban J connectivity index is 1.63. The van der Waals surface area contributed by atoms with Crippen molar-refractivity contribution in [1.82, 2.24) is 5.32 Å². The number of benzene rings is 3. The maximum atomic E-state index is 12.6. The van der Waals surface area contributed by atoms with Crippen molar-refractivity contribution in [3.8, 4) is 0 Å². The molecule has 0 heterocycles. The smallest absolute Gasteiger partial charge is 0.238 e. The zero-order valence-electron chi connectivity index (χ0n) is 16.6. The molecule has 0 saturated carbocycles. The lowest BCUT2D eigenvalue weighted by atomic mass is 9.96. The van der Waals surface area contributed by atoms with Crippen LogP contribution in [0.15, 0.2) is 84.9 Å². The van der Waals surface area contributed by atoms with E-state index < -0.39 is 0 Å². The summed E-state index contributed by atoms with van der Waals surface area (Å²) < 4.78 is 0. The number of carbonyl (C=O) groups is 1. The summed E-state index contributed by atoms with van der Waals surface area (Å²) in [6, 6.07) is 28.7. The number of amides is 1. The average Bonchev–Trinajstić information content (AvgIpc) is 2.71. The van der Waals surface area contributed by atoms with E-state index in [-0.39, 0.29) is 18.5 Å². The van der Waals surface area contributed by atoms with Crippen LogP contribution in [-0.2, 0) is 11.2 Å². The molecule has 3 nitrogen and oxygen atoms in total. The normalized spacial score (nSPS) is 12.0. The maximum absolute atomic E-state index is 12.6. The van der Waals surface area contributed by atoms with Gasteiger partial charge in [0.25, 0.3) is 0 Å². The summed E-state index contributed by atoms with van der Waals surface area (Å²) in [5.41, 5.74) is 4.42. The van der Waals surface area contributed by atoms with Crippen LogP contribution in [0.5, 0.6) is 0 Å². The predicted molar refractivity (Wildman–Crippen MR) is 116 cm³/mol. The highest BCUT2D eigenvalue weighted by Crippen LogP contribution is 2.22. The van der Waals surface area contributed by atoms with Gasteiger partial charge in [-0.1, -0.05) is 92.7 Å². The molecule has 0 aliphatic heterocycles. The largest absolute Gasteiger partial charge is 0.325 e.